The number of nitrogens with one attached hydrogen (secondary N) is 2. The number of likely N-dealkylation sites (tertiary alicyclic amines) is 1. The van der Waals surface area contributed by atoms with Crippen molar-refractivity contribution in [1.82, 2.24) is 40.0 Å². The first-order chi connectivity index (χ1) is 32.0. The zero-order valence-corrected chi connectivity index (χ0v) is 37.3. The number of carbonyl (C=O) groups is 5. The molecule has 1 aromatic heterocycles. The third-order valence-corrected chi connectivity index (χ3v) is 14.4. The van der Waals surface area contributed by atoms with Gasteiger partial charge in [-0.25, -0.2) is 13.9 Å². The molecule has 66 heavy (non-hydrogen) atoms. The Bertz CT molecular complexity index is 2540. The number of rotatable bonds is 11. The standard InChI is InChI=1S/C50H58F2N8O6/c51-41-17-15-35(36-9-6-18-60(30-36)48(64)34-13-14-34)29-39(41)46(62)53-45(33-7-2-1-3-8-33)50(66)59-21-19-56(20-22-59)31-44(61)57-23-25-58(26-24-57)49(65)40-27-32(12-16-42(40)52)28-43-37-10-4-5-11-38(37)47(63)55-54-43/h4-5,10-12,15-17,27,29,33-34,36,45H,1-3,6-9,13-14,18-26,28,30-31H2,(H,53,62)(H,55,63)/t36?,45-/m1/s1. The molecular formula is C50H58F2N8O6. The van der Waals surface area contributed by atoms with Crippen LogP contribution < -0.4 is 10.9 Å². The van der Waals surface area contributed by atoms with Gasteiger partial charge in [0.15, 0.2) is 0 Å². The first-order valence-corrected chi connectivity index (χ1v) is 23.7. The molecule has 0 bridgehead atoms. The average Bonchev–Trinajstić information content (AvgIpc) is 4.21. The SMILES string of the molecule is O=C(N[C@@H](C(=O)N1CCN(CC(=O)N2CCN(C(=O)c3cc(Cc4n[nH]c(=O)c5ccccc45)ccc3F)CC2)CC1)C1CCCCC1)c1cc(C2CCCN(C(=O)C3CC3)C2)ccc1F. The van der Waals surface area contributed by atoms with Crippen LogP contribution in [-0.2, 0) is 20.8 Å². The molecule has 5 fully saturated rings. The number of piperazine rings is 2. The number of hydrogen-bond donors (Lipinski definition) is 2. The van der Waals surface area contributed by atoms with E-state index in [4.69, 9.17) is 0 Å². The molecular weight excluding hydrogens is 847 g/mol. The largest absolute Gasteiger partial charge is 0.342 e. The van der Waals surface area contributed by atoms with E-state index in [-0.39, 0.29) is 78.2 Å². The molecule has 9 rings (SSSR count). The monoisotopic (exact) mass is 904 g/mol. The van der Waals surface area contributed by atoms with E-state index < -0.39 is 29.5 Å². The summed E-state index contributed by atoms with van der Waals surface area (Å²) in [5.74, 6) is -2.41. The van der Waals surface area contributed by atoms with Gasteiger partial charge in [-0.3, -0.25) is 33.7 Å². The number of carbonyl (C=O) groups excluding carboxylic acids is 5. The van der Waals surface area contributed by atoms with Crippen molar-refractivity contribution in [2.75, 3.05) is 72.0 Å². The summed E-state index contributed by atoms with van der Waals surface area (Å²) < 4.78 is 30.5. The van der Waals surface area contributed by atoms with Crippen molar-refractivity contribution >= 4 is 40.3 Å². The third-order valence-electron chi connectivity index (χ3n) is 14.4. The fourth-order valence-corrected chi connectivity index (χ4v) is 10.4. The van der Waals surface area contributed by atoms with Gasteiger partial charge < -0.3 is 24.9 Å². The lowest BCUT2D eigenvalue weighted by molar-refractivity contribution is -0.138. The number of hydrogen-bond acceptors (Lipinski definition) is 8. The van der Waals surface area contributed by atoms with E-state index >= 15 is 8.78 Å². The third kappa shape index (κ3) is 10.0. The zero-order valence-electron chi connectivity index (χ0n) is 37.3. The highest BCUT2D eigenvalue weighted by molar-refractivity contribution is 5.98. The van der Waals surface area contributed by atoms with E-state index in [2.05, 4.69) is 15.5 Å². The van der Waals surface area contributed by atoms with Crippen LogP contribution in [0.15, 0.2) is 65.5 Å². The van der Waals surface area contributed by atoms with Gasteiger partial charge in [-0.05, 0) is 85.9 Å². The average molecular weight is 905 g/mol. The zero-order chi connectivity index (χ0) is 45.9. The van der Waals surface area contributed by atoms with Crippen molar-refractivity contribution in [3.05, 3.63) is 111 Å². The van der Waals surface area contributed by atoms with Crippen LogP contribution in [0.2, 0.25) is 0 Å². The molecule has 348 valence electrons. The molecule has 3 aromatic carbocycles. The van der Waals surface area contributed by atoms with E-state index in [9.17, 15) is 28.8 Å². The van der Waals surface area contributed by atoms with Crippen molar-refractivity contribution in [1.29, 1.82) is 0 Å². The Hall–Kier alpha value is -6.03. The highest BCUT2D eigenvalue weighted by atomic mass is 19.1. The summed E-state index contributed by atoms with van der Waals surface area (Å²) in [4.78, 5) is 89.4. The van der Waals surface area contributed by atoms with Crippen molar-refractivity contribution in [3.8, 4) is 0 Å². The van der Waals surface area contributed by atoms with Gasteiger partial charge in [0, 0.05) is 89.1 Å². The predicted molar refractivity (Wildman–Crippen MR) is 243 cm³/mol. The molecule has 16 heteroatoms. The molecule has 2 aliphatic carbocycles. The summed E-state index contributed by atoms with van der Waals surface area (Å²) in [6.45, 7) is 4.15. The Kier molecular flexibility index (Phi) is 13.6. The van der Waals surface area contributed by atoms with E-state index in [1.165, 1.54) is 18.2 Å². The number of benzene rings is 3. The first kappa shape index (κ1) is 45.1. The molecule has 0 radical (unpaired) electrons. The fourth-order valence-electron chi connectivity index (χ4n) is 10.4. The fraction of sp³-hybridized carbons (Fsp3) is 0.500. The van der Waals surface area contributed by atoms with Crippen LogP contribution in [0.4, 0.5) is 8.78 Å². The maximum absolute atomic E-state index is 15.4. The second-order valence-electron chi connectivity index (χ2n) is 18.8. The summed E-state index contributed by atoms with van der Waals surface area (Å²) in [6.07, 6.45) is 8.37. The quantitative estimate of drug-likeness (QED) is 0.219. The van der Waals surface area contributed by atoms with Crippen molar-refractivity contribution in [2.24, 2.45) is 11.8 Å². The number of aromatic amines is 1. The second kappa shape index (κ2) is 19.8. The highest BCUT2D eigenvalue weighted by Crippen LogP contribution is 2.35. The number of amides is 5. The lowest BCUT2D eigenvalue weighted by Gasteiger charge is -2.40. The minimum atomic E-state index is -0.807. The van der Waals surface area contributed by atoms with Gasteiger partial charge in [0.1, 0.15) is 17.7 Å². The number of nitrogens with zero attached hydrogens (tertiary/aromatic N) is 6. The maximum Gasteiger partial charge on any atom is 0.272 e. The Morgan fingerprint density at radius 1 is 0.697 bits per heavy atom. The number of piperidine rings is 1. The van der Waals surface area contributed by atoms with Gasteiger partial charge in [0.2, 0.25) is 17.7 Å². The molecule has 5 amide bonds. The van der Waals surface area contributed by atoms with E-state index in [1.54, 1.807) is 51.1 Å². The lowest BCUT2D eigenvalue weighted by Crippen LogP contribution is -2.58. The Morgan fingerprint density at radius 2 is 1.38 bits per heavy atom. The van der Waals surface area contributed by atoms with Crippen LogP contribution in [0.3, 0.4) is 0 Å². The maximum atomic E-state index is 15.4. The molecule has 0 spiro atoms. The second-order valence-corrected chi connectivity index (χ2v) is 18.8. The molecule has 4 heterocycles. The summed E-state index contributed by atoms with van der Waals surface area (Å²) in [7, 11) is 0. The molecule has 2 N–H and O–H groups in total. The van der Waals surface area contributed by atoms with E-state index in [0.717, 1.165) is 69.9 Å². The Balaban J connectivity index is 0.772. The molecule has 14 nitrogen and oxygen atoms in total. The smallest absolute Gasteiger partial charge is 0.272 e. The summed E-state index contributed by atoms with van der Waals surface area (Å²) in [6, 6.07) is 15.3. The number of halogens is 2. The van der Waals surface area contributed by atoms with Crippen LogP contribution in [0.5, 0.6) is 0 Å². The van der Waals surface area contributed by atoms with Crippen LogP contribution >= 0.6 is 0 Å². The van der Waals surface area contributed by atoms with Gasteiger partial charge in [-0.1, -0.05) is 49.6 Å². The van der Waals surface area contributed by atoms with Gasteiger partial charge >= 0.3 is 0 Å². The van der Waals surface area contributed by atoms with Crippen LogP contribution in [0.1, 0.15) is 101 Å². The number of aromatic nitrogens is 2. The number of fused-ring (bicyclic) bond motifs is 1. The van der Waals surface area contributed by atoms with Gasteiger partial charge in [-0.2, -0.15) is 5.10 Å². The van der Waals surface area contributed by atoms with Crippen molar-refractivity contribution in [2.45, 2.75) is 76.2 Å². The molecule has 5 aliphatic rings. The molecule has 1 unspecified atom stereocenters. The first-order valence-electron chi connectivity index (χ1n) is 23.7. The Labute approximate surface area is 382 Å². The normalized spacial score (nSPS) is 20.3. The molecule has 4 aromatic rings. The van der Waals surface area contributed by atoms with Crippen molar-refractivity contribution in [3.63, 3.8) is 0 Å². The van der Waals surface area contributed by atoms with Crippen LogP contribution in [-0.4, -0.2) is 142 Å². The predicted octanol–water partition coefficient (Wildman–Crippen LogP) is 4.72. The van der Waals surface area contributed by atoms with Gasteiger partial charge in [-0.15, -0.1) is 0 Å². The van der Waals surface area contributed by atoms with Crippen molar-refractivity contribution < 1.29 is 32.8 Å². The van der Waals surface area contributed by atoms with Crippen LogP contribution in [0.25, 0.3) is 10.8 Å². The highest BCUT2D eigenvalue weighted by Gasteiger charge is 2.38. The summed E-state index contributed by atoms with van der Waals surface area (Å²) in [5.41, 5.74) is 1.63. The molecule has 3 aliphatic heterocycles. The molecule has 2 atom stereocenters. The number of H-pyrrole nitrogens is 1. The van der Waals surface area contributed by atoms with Gasteiger partial charge in [0.25, 0.3) is 17.4 Å². The molecule has 2 saturated carbocycles. The summed E-state index contributed by atoms with van der Waals surface area (Å²) >= 11 is 0. The van der Waals surface area contributed by atoms with E-state index in [1.807, 2.05) is 15.9 Å². The lowest BCUT2D eigenvalue weighted by atomic mass is 9.83. The Morgan fingerprint density at radius 3 is 2.12 bits per heavy atom. The van der Waals surface area contributed by atoms with Gasteiger partial charge in [0.05, 0.1) is 28.8 Å². The minimum Gasteiger partial charge on any atom is -0.342 e. The molecule has 3 saturated heterocycles. The minimum absolute atomic E-state index is 0.00334. The van der Waals surface area contributed by atoms with E-state index in [0.29, 0.717) is 67.8 Å². The summed E-state index contributed by atoms with van der Waals surface area (Å²) in [5, 5.41) is 10.9. The van der Waals surface area contributed by atoms with Crippen LogP contribution in [0, 0.1) is 23.5 Å². The topological polar surface area (TPSA) is 159 Å².